The van der Waals surface area contributed by atoms with Crippen molar-refractivity contribution in [3.63, 3.8) is 0 Å². The van der Waals surface area contributed by atoms with Crippen LogP contribution < -0.4 is 0 Å². The zero-order valence-corrected chi connectivity index (χ0v) is 12.0. The molecule has 114 valence electrons. The van der Waals surface area contributed by atoms with Gasteiger partial charge in [-0.2, -0.15) is 18.3 Å². The predicted octanol–water partition coefficient (Wildman–Crippen LogP) is 3.85. The fourth-order valence-electron chi connectivity index (χ4n) is 2.10. The summed E-state index contributed by atoms with van der Waals surface area (Å²) >= 11 is 5.98. The maximum atomic E-state index is 12.5. The first kappa shape index (κ1) is 15.9. The van der Waals surface area contributed by atoms with Gasteiger partial charge in [-0.25, -0.2) is 0 Å². The largest absolute Gasteiger partial charge is 0.416 e. The van der Waals surface area contributed by atoms with Gasteiger partial charge in [-0.05, 0) is 24.6 Å². The molecule has 0 bridgehead atoms. The molecule has 1 aromatic carbocycles. The van der Waals surface area contributed by atoms with Crippen LogP contribution in [-0.2, 0) is 19.1 Å². The standard InChI is InChI=1S/C14H14ClF3N2O/c1-2-20-13(11(15)8-19-20)12(21)7-9-3-5-10(6-4-9)14(16,17)18/h3-6,8,12,21H,2,7H2,1H3. The highest BCUT2D eigenvalue weighted by Crippen LogP contribution is 2.30. The summed E-state index contributed by atoms with van der Waals surface area (Å²) in [6.07, 6.45) is -3.67. The molecule has 0 spiro atoms. The van der Waals surface area contributed by atoms with E-state index in [2.05, 4.69) is 5.10 Å². The van der Waals surface area contributed by atoms with Crippen LogP contribution in [0.1, 0.15) is 29.8 Å². The Morgan fingerprint density at radius 1 is 1.29 bits per heavy atom. The summed E-state index contributed by atoms with van der Waals surface area (Å²) in [5.41, 5.74) is 0.354. The second kappa shape index (κ2) is 6.07. The average molecular weight is 319 g/mol. The van der Waals surface area contributed by atoms with E-state index in [4.69, 9.17) is 11.6 Å². The third kappa shape index (κ3) is 3.57. The van der Waals surface area contributed by atoms with Gasteiger partial charge in [-0.1, -0.05) is 23.7 Å². The number of rotatable bonds is 4. The number of hydrogen-bond acceptors (Lipinski definition) is 2. The molecular weight excluding hydrogens is 305 g/mol. The van der Waals surface area contributed by atoms with Crippen LogP contribution in [0.2, 0.25) is 5.02 Å². The van der Waals surface area contributed by atoms with Crippen molar-refractivity contribution < 1.29 is 18.3 Å². The molecule has 1 aromatic heterocycles. The number of halogens is 4. The van der Waals surface area contributed by atoms with E-state index in [0.717, 1.165) is 12.1 Å². The van der Waals surface area contributed by atoms with Crippen molar-refractivity contribution >= 4 is 11.6 Å². The van der Waals surface area contributed by atoms with Crippen molar-refractivity contribution in [3.8, 4) is 0 Å². The minimum absolute atomic E-state index is 0.170. The van der Waals surface area contributed by atoms with Crippen LogP contribution in [0.15, 0.2) is 30.5 Å². The molecule has 0 amide bonds. The molecule has 1 N–H and O–H groups in total. The second-order valence-corrected chi connectivity index (χ2v) is 5.02. The lowest BCUT2D eigenvalue weighted by Gasteiger charge is -2.14. The SMILES string of the molecule is CCn1ncc(Cl)c1C(O)Cc1ccc(C(F)(F)F)cc1. The first-order chi connectivity index (χ1) is 9.82. The van der Waals surface area contributed by atoms with Crippen molar-refractivity contribution in [3.05, 3.63) is 52.3 Å². The number of aliphatic hydroxyl groups is 1. The third-order valence-electron chi connectivity index (χ3n) is 3.16. The summed E-state index contributed by atoms with van der Waals surface area (Å²) < 4.78 is 39.0. The molecule has 21 heavy (non-hydrogen) atoms. The van der Waals surface area contributed by atoms with Gasteiger partial charge in [0.05, 0.1) is 22.5 Å². The Morgan fingerprint density at radius 2 is 1.90 bits per heavy atom. The minimum atomic E-state index is -4.36. The highest BCUT2D eigenvalue weighted by molar-refractivity contribution is 6.31. The van der Waals surface area contributed by atoms with Crippen LogP contribution in [0.4, 0.5) is 13.2 Å². The van der Waals surface area contributed by atoms with E-state index in [9.17, 15) is 18.3 Å². The van der Waals surface area contributed by atoms with Gasteiger partial charge in [-0.3, -0.25) is 4.68 Å². The minimum Gasteiger partial charge on any atom is -0.386 e. The highest BCUT2D eigenvalue weighted by atomic mass is 35.5. The Balaban J connectivity index is 2.16. The Bertz CT molecular complexity index is 608. The Kier molecular flexibility index (Phi) is 4.58. The van der Waals surface area contributed by atoms with Gasteiger partial charge in [-0.15, -0.1) is 0 Å². The van der Waals surface area contributed by atoms with E-state index < -0.39 is 17.8 Å². The van der Waals surface area contributed by atoms with E-state index in [-0.39, 0.29) is 6.42 Å². The molecule has 0 saturated carbocycles. The number of nitrogens with zero attached hydrogens (tertiary/aromatic N) is 2. The van der Waals surface area contributed by atoms with Crippen molar-refractivity contribution in [2.24, 2.45) is 0 Å². The maximum Gasteiger partial charge on any atom is 0.416 e. The topological polar surface area (TPSA) is 38.0 Å². The Labute approximate surface area is 125 Å². The second-order valence-electron chi connectivity index (χ2n) is 4.61. The number of aryl methyl sites for hydroxylation is 1. The number of alkyl halides is 3. The zero-order valence-electron chi connectivity index (χ0n) is 11.2. The van der Waals surface area contributed by atoms with Gasteiger partial charge in [0, 0.05) is 13.0 Å². The number of hydrogen-bond donors (Lipinski definition) is 1. The van der Waals surface area contributed by atoms with Crippen molar-refractivity contribution in [2.75, 3.05) is 0 Å². The molecule has 1 unspecified atom stereocenters. The summed E-state index contributed by atoms with van der Waals surface area (Å²) in [5, 5.41) is 14.6. The first-order valence-electron chi connectivity index (χ1n) is 6.38. The number of benzene rings is 1. The molecule has 0 aliphatic carbocycles. The molecule has 7 heteroatoms. The zero-order chi connectivity index (χ0) is 15.6. The predicted molar refractivity (Wildman–Crippen MR) is 73.0 cm³/mol. The summed E-state index contributed by atoms with van der Waals surface area (Å²) in [4.78, 5) is 0. The lowest BCUT2D eigenvalue weighted by Crippen LogP contribution is -2.11. The van der Waals surface area contributed by atoms with Crippen LogP contribution in [0, 0.1) is 0 Å². The fourth-order valence-corrected chi connectivity index (χ4v) is 2.37. The molecule has 1 heterocycles. The van der Waals surface area contributed by atoms with Gasteiger partial charge in [0.1, 0.15) is 6.10 Å². The van der Waals surface area contributed by atoms with E-state index in [0.29, 0.717) is 22.8 Å². The average Bonchev–Trinajstić information content (AvgIpc) is 2.79. The molecule has 2 aromatic rings. The molecule has 0 fully saturated rings. The van der Waals surface area contributed by atoms with Crippen molar-refractivity contribution in [1.82, 2.24) is 9.78 Å². The van der Waals surface area contributed by atoms with Gasteiger partial charge in [0.25, 0.3) is 0 Å². The molecule has 0 radical (unpaired) electrons. The van der Waals surface area contributed by atoms with Crippen LogP contribution in [0.5, 0.6) is 0 Å². The number of aromatic nitrogens is 2. The fraction of sp³-hybridized carbons (Fsp3) is 0.357. The Morgan fingerprint density at radius 3 is 2.43 bits per heavy atom. The van der Waals surface area contributed by atoms with Gasteiger partial charge >= 0.3 is 6.18 Å². The number of aliphatic hydroxyl groups excluding tert-OH is 1. The van der Waals surface area contributed by atoms with Crippen molar-refractivity contribution in [1.29, 1.82) is 0 Å². The van der Waals surface area contributed by atoms with Crippen molar-refractivity contribution in [2.45, 2.75) is 32.2 Å². The summed E-state index contributed by atoms with van der Waals surface area (Å²) in [7, 11) is 0. The Hall–Kier alpha value is -1.53. The molecule has 0 saturated heterocycles. The molecular formula is C14H14ClF3N2O. The molecule has 2 rings (SSSR count). The maximum absolute atomic E-state index is 12.5. The van der Waals surface area contributed by atoms with Crippen LogP contribution in [-0.4, -0.2) is 14.9 Å². The van der Waals surface area contributed by atoms with Crippen LogP contribution in [0.3, 0.4) is 0 Å². The van der Waals surface area contributed by atoms with Crippen LogP contribution >= 0.6 is 11.6 Å². The smallest absolute Gasteiger partial charge is 0.386 e. The molecule has 3 nitrogen and oxygen atoms in total. The summed E-state index contributed by atoms with van der Waals surface area (Å²) in [6, 6.07) is 4.71. The van der Waals surface area contributed by atoms with E-state index >= 15 is 0 Å². The monoisotopic (exact) mass is 318 g/mol. The van der Waals surface area contributed by atoms with E-state index in [1.807, 2.05) is 6.92 Å². The molecule has 0 aliphatic rings. The quantitative estimate of drug-likeness (QED) is 0.929. The first-order valence-corrected chi connectivity index (χ1v) is 6.76. The highest BCUT2D eigenvalue weighted by Gasteiger charge is 2.30. The van der Waals surface area contributed by atoms with Gasteiger partial charge in [0.15, 0.2) is 0 Å². The third-order valence-corrected chi connectivity index (χ3v) is 3.45. The summed E-state index contributed by atoms with van der Waals surface area (Å²) in [5.74, 6) is 0. The van der Waals surface area contributed by atoms with Gasteiger partial charge < -0.3 is 5.11 Å². The van der Waals surface area contributed by atoms with E-state index in [1.54, 1.807) is 4.68 Å². The van der Waals surface area contributed by atoms with Gasteiger partial charge in [0.2, 0.25) is 0 Å². The normalized spacial score (nSPS) is 13.4. The van der Waals surface area contributed by atoms with Crippen LogP contribution in [0.25, 0.3) is 0 Å². The molecule has 0 aliphatic heterocycles. The summed E-state index contributed by atoms with van der Waals surface area (Å²) in [6.45, 7) is 2.41. The molecule has 1 atom stereocenters. The lowest BCUT2D eigenvalue weighted by atomic mass is 10.0. The lowest BCUT2D eigenvalue weighted by molar-refractivity contribution is -0.137. The van der Waals surface area contributed by atoms with E-state index in [1.165, 1.54) is 18.3 Å².